The summed E-state index contributed by atoms with van der Waals surface area (Å²) in [7, 11) is 1.86. The maximum Gasteiger partial charge on any atom is 0.131 e. The molecule has 4 nitrogen and oxygen atoms in total. The molecule has 0 spiro atoms. The van der Waals surface area contributed by atoms with Crippen molar-refractivity contribution in [2.24, 2.45) is 12.5 Å². The quantitative estimate of drug-likeness (QED) is 0.862. The van der Waals surface area contributed by atoms with Gasteiger partial charge in [0.15, 0.2) is 0 Å². The average molecular weight is 306 g/mol. The largest absolute Gasteiger partial charge is 0.396 e. The summed E-state index contributed by atoms with van der Waals surface area (Å²) in [6, 6.07) is 10.1. The van der Waals surface area contributed by atoms with Gasteiger partial charge in [-0.15, -0.1) is 0 Å². The molecule has 1 heterocycles. The highest BCUT2D eigenvalue weighted by molar-refractivity contribution is 6.30. The normalized spacial score (nSPS) is 16.1. The minimum atomic E-state index is 0.0988. The summed E-state index contributed by atoms with van der Waals surface area (Å²) >= 11 is 6.37. The van der Waals surface area contributed by atoms with Crippen LogP contribution in [0.15, 0.2) is 30.3 Å². The molecule has 1 fully saturated rings. The van der Waals surface area contributed by atoms with E-state index in [9.17, 15) is 5.11 Å². The zero-order valence-electron chi connectivity index (χ0n) is 12.1. The maximum atomic E-state index is 9.36. The minimum absolute atomic E-state index is 0.0988. The van der Waals surface area contributed by atoms with Crippen LogP contribution >= 0.6 is 11.6 Å². The SMILES string of the molecule is Cn1nc(-c2ccccc2)c(CNCC2(CO)CC2)c1Cl. The number of hydrogen-bond donors (Lipinski definition) is 2. The van der Waals surface area contributed by atoms with Gasteiger partial charge in [-0.1, -0.05) is 41.9 Å². The first kappa shape index (κ1) is 14.6. The third-order valence-corrected chi connectivity index (χ3v) is 4.68. The van der Waals surface area contributed by atoms with Crippen LogP contribution in [0.1, 0.15) is 18.4 Å². The molecule has 1 aliphatic carbocycles. The number of rotatable bonds is 6. The van der Waals surface area contributed by atoms with Crippen LogP contribution in [0.2, 0.25) is 5.15 Å². The lowest BCUT2D eigenvalue weighted by molar-refractivity contribution is 0.207. The van der Waals surface area contributed by atoms with Gasteiger partial charge in [-0.3, -0.25) is 4.68 Å². The van der Waals surface area contributed by atoms with Crippen molar-refractivity contribution in [3.63, 3.8) is 0 Å². The summed E-state index contributed by atoms with van der Waals surface area (Å²) in [5.74, 6) is 0. The van der Waals surface area contributed by atoms with Crippen LogP contribution in [0, 0.1) is 5.41 Å². The third kappa shape index (κ3) is 2.98. The Morgan fingerprint density at radius 3 is 2.67 bits per heavy atom. The van der Waals surface area contributed by atoms with Gasteiger partial charge in [0.2, 0.25) is 0 Å². The third-order valence-electron chi connectivity index (χ3n) is 4.21. The van der Waals surface area contributed by atoms with E-state index in [0.717, 1.165) is 36.2 Å². The zero-order chi connectivity index (χ0) is 14.9. The summed E-state index contributed by atoms with van der Waals surface area (Å²) in [6.07, 6.45) is 2.20. The summed E-state index contributed by atoms with van der Waals surface area (Å²) in [5.41, 5.74) is 3.10. The second kappa shape index (κ2) is 5.79. The van der Waals surface area contributed by atoms with Crippen LogP contribution in [0.4, 0.5) is 0 Å². The van der Waals surface area contributed by atoms with Gasteiger partial charge in [-0.05, 0) is 12.8 Å². The fraction of sp³-hybridized carbons (Fsp3) is 0.438. The Morgan fingerprint density at radius 1 is 1.33 bits per heavy atom. The Labute approximate surface area is 129 Å². The number of halogens is 1. The molecule has 1 aliphatic rings. The first-order valence-electron chi connectivity index (χ1n) is 7.24. The Bertz CT molecular complexity index is 620. The van der Waals surface area contributed by atoms with Gasteiger partial charge in [0.05, 0.1) is 5.69 Å². The molecule has 3 rings (SSSR count). The van der Waals surface area contributed by atoms with Crippen LogP contribution in [0.25, 0.3) is 11.3 Å². The molecular formula is C16H20ClN3O. The van der Waals surface area contributed by atoms with E-state index in [-0.39, 0.29) is 12.0 Å². The van der Waals surface area contributed by atoms with Gasteiger partial charge in [0.25, 0.3) is 0 Å². The van der Waals surface area contributed by atoms with Gasteiger partial charge >= 0.3 is 0 Å². The number of aliphatic hydroxyl groups excluding tert-OH is 1. The van der Waals surface area contributed by atoms with Gasteiger partial charge in [-0.25, -0.2) is 0 Å². The molecule has 1 aromatic carbocycles. The van der Waals surface area contributed by atoms with E-state index in [1.165, 1.54) is 0 Å². The summed E-state index contributed by atoms with van der Waals surface area (Å²) in [4.78, 5) is 0. The molecule has 21 heavy (non-hydrogen) atoms. The summed E-state index contributed by atoms with van der Waals surface area (Å²) in [5, 5.41) is 18.0. The number of aryl methyl sites for hydroxylation is 1. The number of benzene rings is 1. The van der Waals surface area contributed by atoms with Gasteiger partial charge < -0.3 is 10.4 Å². The number of aromatic nitrogens is 2. The van der Waals surface area contributed by atoms with Crippen molar-refractivity contribution in [3.05, 3.63) is 41.0 Å². The van der Waals surface area contributed by atoms with E-state index in [2.05, 4.69) is 10.4 Å². The highest BCUT2D eigenvalue weighted by atomic mass is 35.5. The van der Waals surface area contributed by atoms with Crippen molar-refractivity contribution in [2.75, 3.05) is 13.2 Å². The number of nitrogens with zero attached hydrogens (tertiary/aromatic N) is 2. The van der Waals surface area contributed by atoms with Crippen LogP contribution < -0.4 is 5.32 Å². The Balaban J connectivity index is 1.78. The summed E-state index contributed by atoms with van der Waals surface area (Å²) in [6.45, 7) is 1.74. The first-order valence-corrected chi connectivity index (χ1v) is 7.61. The number of aliphatic hydroxyl groups is 1. The molecule has 0 aliphatic heterocycles. The molecule has 1 aromatic heterocycles. The lowest BCUT2D eigenvalue weighted by atomic mass is 10.1. The molecule has 0 amide bonds. The van der Waals surface area contributed by atoms with Gasteiger partial charge in [0.1, 0.15) is 5.15 Å². The second-order valence-electron chi connectivity index (χ2n) is 5.87. The van der Waals surface area contributed by atoms with Crippen molar-refractivity contribution in [2.45, 2.75) is 19.4 Å². The van der Waals surface area contributed by atoms with E-state index in [1.807, 2.05) is 37.4 Å². The average Bonchev–Trinajstić information content (AvgIpc) is 3.24. The first-order chi connectivity index (χ1) is 10.2. The Hall–Kier alpha value is -1.36. The van der Waals surface area contributed by atoms with Crippen molar-refractivity contribution in [1.82, 2.24) is 15.1 Å². The molecule has 0 saturated heterocycles. The summed E-state index contributed by atoms with van der Waals surface area (Å²) < 4.78 is 1.71. The van der Waals surface area contributed by atoms with Crippen molar-refractivity contribution in [1.29, 1.82) is 0 Å². The molecule has 0 bridgehead atoms. The fourth-order valence-electron chi connectivity index (χ4n) is 2.55. The van der Waals surface area contributed by atoms with E-state index < -0.39 is 0 Å². The topological polar surface area (TPSA) is 50.1 Å². The molecule has 0 atom stereocenters. The van der Waals surface area contributed by atoms with Crippen molar-refractivity contribution >= 4 is 11.6 Å². The molecule has 0 radical (unpaired) electrons. The predicted octanol–water partition coefficient (Wildman–Crippen LogP) is 2.60. The van der Waals surface area contributed by atoms with E-state index in [0.29, 0.717) is 11.7 Å². The Morgan fingerprint density at radius 2 is 2.05 bits per heavy atom. The number of hydrogen-bond acceptors (Lipinski definition) is 3. The van der Waals surface area contributed by atoms with Crippen LogP contribution in [-0.2, 0) is 13.6 Å². The minimum Gasteiger partial charge on any atom is -0.396 e. The van der Waals surface area contributed by atoms with Gasteiger partial charge in [-0.2, -0.15) is 5.10 Å². The zero-order valence-corrected chi connectivity index (χ0v) is 12.9. The van der Waals surface area contributed by atoms with Crippen LogP contribution in [0.5, 0.6) is 0 Å². The van der Waals surface area contributed by atoms with E-state index in [4.69, 9.17) is 11.6 Å². The number of nitrogens with one attached hydrogen (secondary N) is 1. The predicted molar refractivity (Wildman–Crippen MR) is 84.1 cm³/mol. The lowest BCUT2D eigenvalue weighted by Gasteiger charge is -2.13. The smallest absolute Gasteiger partial charge is 0.131 e. The monoisotopic (exact) mass is 305 g/mol. The fourth-order valence-corrected chi connectivity index (χ4v) is 2.75. The van der Waals surface area contributed by atoms with E-state index in [1.54, 1.807) is 4.68 Å². The van der Waals surface area contributed by atoms with Gasteiger partial charge in [0, 0.05) is 43.3 Å². The molecule has 5 heteroatoms. The van der Waals surface area contributed by atoms with Crippen molar-refractivity contribution < 1.29 is 5.11 Å². The molecule has 0 unspecified atom stereocenters. The molecule has 112 valence electrons. The standard InChI is InChI=1S/C16H20ClN3O/c1-20-15(17)13(9-18-10-16(11-21)7-8-16)14(19-20)12-5-3-2-4-6-12/h2-6,18,21H,7-11H2,1H3. The van der Waals surface area contributed by atoms with E-state index >= 15 is 0 Å². The molecular weight excluding hydrogens is 286 g/mol. The highest BCUT2D eigenvalue weighted by Gasteiger charge is 2.41. The van der Waals surface area contributed by atoms with Crippen LogP contribution in [0.3, 0.4) is 0 Å². The maximum absolute atomic E-state index is 9.36. The molecule has 2 N–H and O–H groups in total. The van der Waals surface area contributed by atoms with Crippen molar-refractivity contribution in [3.8, 4) is 11.3 Å². The van der Waals surface area contributed by atoms with Crippen LogP contribution in [-0.4, -0.2) is 28.0 Å². The lowest BCUT2D eigenvalue weighted by Crippen LogP contribution is -2.26. The molecule has 2 aromatic rings. The highest BCUT2D eigenvalue weighted by Crippen LogP contribution is 2.44. The molecule has 1 saturated carbocycles. The second-order valence-corrected chi connectivity index (χ2v) is 6.23. The Kier molecular flexibility index (Phi) is 4.02.